The van der Waals surface area contributed by atoms with Crippen LogP contribution in [-0.4, -0.2) is 28.4 Å². The van der Waals surface area contributed by atoms with Crippen LogP contribution in [0.3, 0.4) is 0 Å². The number of carbonyl (C=O) groups excluding carboxylic acids is 1. The number of Topliss-reactive ketones (excluding diaryl/α,β-unsaturated/α-hetero) is 1. The van der Waals surface area contributed by atoms with Crippen molar-refractivity contribution in [2.24, 2.45) is 0 Å². The molecule has 0 bridgehead atoms. The van der Waals surface area contributed by atoms with Gasteiger partial charge in [0.15, 0.2) is 5.78 Å². The Kier molecular flexibility index (Phi) is 5.30. The number of carbonyl (C=O) groups is 1. The van der Waals surface area contributed by atoms with Crippen molar-refractivity contribution in [1.82, 2.24) is 14.9 Å². The molecule has 0 saturated carbocycles. The standard InChI is InChI=1S/C12H17N3O/c1-3-5-13-10-11(16)9-12-14-6-8-15(12)7-4-2/h1,6,8,13H,4-5,7,9-10H2,2H3. The molecule has 0 spiro atoms. The van der Waals surface area contributed by atoms with Crippen molar-refractivity contribution in [2.75, 3.05) is 13.1 Å². The molecule has 4 nitrogen and oxygen atoms in total. The highest BCUT2D eigenvalue weighted by atomic mass is 16.1. The Morgan fingerprint density at radius 1 is 1.69 bits per heavy atom. The van der Waals surface area contributed by atoms with Gasteiger partial charge in [-0.15, -0.1) is 6.42 Å². The third kappa shape index (κ3) is 3.87. The number of nitrogens with one attached hydrogen (secondary N) is 1. The summed E-state index contributed by atoms with van der Waals surface area (Å²) in [6.07, 6.45) is 10.1. The smallest absolute Gasteiger partial charge is 0.154 e. The second-order valence-electron chi connectivity index (χ2n) is 3.56. The monoisotopic (exact) mass is 219 g/mol. The van der Waals surface area contributed by atoms with Crippen LogP contribution in [-0.2, 0) is 17.8 Å². The highest BCUT2D eigenvalue weighted by Gasteiger charge is 2.07. The van der Waals surface area contributed by atoms with Gasteiger partial charge in [-0.3, -0.25) is 10.1 Å². The molecule has 16 heavy (non-hydrogen) atoms. The average molecular weight is 219 g/mol. The van der Waals surface area contributed by atoms with Crippen LogP contribution in [0.4, 0.5) is 0 Å². The van der Waals surface area contributed by atoms with E-state index >= 15 is 0 Å². The molecule has 0 fully saturated rings. The van der Waals surface area contributed by atoms with Crippen LogP contribution < -0.4 is 5.32 Å². The minimum Gasteiger partial charge on any atom is -0.335 e. The Morgan fingerprint density at radius 2 is 2.50 bits per heavy atom. The zero-order valence-electron chi connectivity index (χ0n) is 9.57. The highest BCUT2D eigenvalue weighted by molar-refractivity contribution is 5.82. The fourth-order valence-electron chi connectivity index (χ4n) is 1.46. The Balaban J connectivity index is 2.43. The summed E-state index contributed by atoms with van der Waals surface area (Å²) in [5.41, 5.74) is 0. The molecule has 0 radical (unpaired) electrons. The maximum absolute atomic E-state index is 11.6. The summed E-state index contributed by atoms with van der Waals surface area (Å²) >= 11 is 0. The summed E-state index contributed by atoms with van der Waals surface area (Å²) < 4.78 is 2.01. The highest BCUT2D eigenvalue weighted by Crippen LogP contribution is 2.00. The Labute approximate surface area is 96.1 Å². The van der Waals surface area contributed by atoms with Crippen molar-refractivity contribution in [3.8, 4) is 12.3 Å². The van der Waals surface area contributed by atoms with Gasteiger partial charge in [-0.05, 0) is 6.42 Å². The molecule has 0 aromatic carbocycles. The Bertz CT molecular complexity index is 376. The Hall–Kier alpha value is -1.60. The summed E-state index contributed by atoms with van der Waals surface area (Å²) in [7, 11) is 0. The van der Waals surface area contributed by atoms with Crippen molar-refractivity contribution in [3.05, 3.63) is 18.2 Å². The predicted molar refractivity (Wildman–Crippen MR) is 62.9 cm³/mol. The van der Waals surface area contributed by atoms with E-state index in [1.165, 1.54) is 0 Å². The van der Waals surface area contributed by atoms with Gasteiger partial charge in [0.05, 0.1) is 19.5 Å². The molecular formula is C12H17N3O. The summed E-state index contributed by atoms with van der Waals surface area (Å²) in [6, 6.07) is 0. The van der Waals surface area contributed by atoms with Crippen LogP contribution in [0, 0.1) is 12.3 Å². The quantitative estimate of drug-likeness (QED) is 0.540. The van der Waals surface area contributed by atoms with Crippen LogP contribution in [0.2, 0.25) is 0 Å². The third-order valence-electron chi connectivity index (χ3n) is 2.17. The number of nitrogens with zero attached hydrogens (tertiary/aromatic N) is 2. The molecule has 0 amide bonds. The van der Waals surface area contributed by atoms with Crippen LogP contribution in [0.5, 0.6) is 0 Å². The van der Waals surface area contributed by atoms with E-state index in [-0.39, 0.29) is 5.78 Å². The minimum atomic E-state index is 0.110. The van der Waals surface area contributed by atoms with E-state index < -0.39 is 0 Å². The van der Waals surface area contributed by atoms with Crippen molar-refractivity contribution in [3.63, 3.8) is 0 Å². The molecule has 1 heterocycles. The van der Waals surface area contributed by atoms with E-state index in [0.29, 0.717) is 19.5 Å². The zero-order chi connectivity index (χ0) is 11.8. The third-order valence-corrected chi connectivity index (χ3v) is 2.17. The normalized spacial score (nSPS) is 10.0. The molecule has 4 heteroatoms. The van der Waals surface area contributed by atoms with Crippen molar-refractivity contribution >= 4 is 5.78 Å². The van der Waals surface area contributed by atoms with Gasteiger partial charge in [0.2, 0.25) is 0 Å². The largest absolute Gasteiger partial charge is 0.335 e. The number of aromatic nitrogens is 2. The zero-order valence-corrected chi connectivity index (χ0v) is 9.57. The maximum atomic E-state index is 11.6. The number of hydrogen-bond acceptors (Lipinski definition) is 3. The molecule has 1 aromatic heterocycles. The summed E-state index contributed by atoms with van der Waals surface area (Å²) in [5, 5.41) is 2.88. The maximum Gasteiger partial charge on any atom is 0.154 e. The van der Waals surface area contributed by atoms with Gasteiger partial charge in [-0.25, -0.2) is 4.98 Å². The number of hydrogen-bond donors (Lipinski definition) is 1. The second-order valence-corrected chi connectivity index (χ2v) is 3.56. The first-order chi connectivity index (χ1) is 7.77. The van der Waals surface area contributed by atoms with Gasteiger partial charge in [-0.1, -0.05) is 12.8 Å². The van der Waals surface area contributed by atoms with Gasteiger partial charge < -0.3 is 4.57 Å². The number of aryl methyl sites for hydroxylation is 1. The lowest BCUT2D eigenvalue weighted by Gasteiger charge is -2.05. The van der Waals surface area contributed by atoms with E-state index in [9.17, 15) is 4.79 Å². The molecule has 1 rings (SSSR count). The van der Waals surface area contributed by atoms with E-state index in [1.807, 2.05) is 10.8 Å². The molecule has 1 N–H and O–H groups in total. The summed E-state index contributed by atoms with van der Waals surface area (Å²) in [4.78, 5) is 15.7. The predicted octanol–water partition coefficient (Wildman–Crippen LogP) is 0.627. The molecule has 0 aliphatic rings. The molecule has 0 saturated heterocycles. The topological polar surface area (TPSA) is 46.9 Å². The molecule has 0 aliphatic heterocycles. The van der Waals surface area contributed by atoms with Crippen molar-refractivity contribution < 1.29 is 4.79 Å². The molecule has 1 aromatic rings. The first kappa shape index (κ1) is 12.5. The van der Waals surface area contributed by atoms with E-state index in [2.05, 4.69) is 23.1 Å². The summed E-state index contributed by atoms with van der Waals surface area (Å²) in [6.45, 7) is 3.73. The Morgan fingerprint density at radius 3 is 3.19 bits per heavy atom. The van der Waals surface area contributed by atoms with Crippen LogP contribution >= 0.6 is 0 Å². The molecule has 0 unspecified atom stereocenters. The molecule has 86 valence electrons. The molecule has 0 atom stereocenters. The van der Waals surface area contributed by atoms with E-state index in [1.54, 1.807) is 6.20 Å². The number of ketones is 1. The molecule has 0 aliphatic carbocycles. The molecular weight excluding hydrogens is 202 g/mol. The number of terminal acetylenes is 1. The first-order valence-electron chi connectivity index (χ1n) is 5.43. The first-order valence-corrected chi connectivity index (χ1v) is 5.43. The lowest BCUT2D eigenvalue weighted by Crippen LogP contribution is -2.25. The van der Waals surface area contributed by atoms with Gasteiger partial charge in [0.25, 0.3) is 0 Å². The van der Waals surface area contributed by atoms with Crippen molar-refractivity contribution in [1.29, 1.82) is 0 Å². The minimum absolute atomic E-state index is 0.110. The van der Waals surface area contributed by atoms with Crippen LogP contribution in [0.15, 0.2) is 12.4 Å². The lowest BCUT2D eigenvalue weighted by molar-refractivity contribution is -0.117. The van der Waals surface area contributed by atoms with Gasteiger partial charge in [0.1, 0.15) is 5.82 Å². The van der Waals surface area contributed by atoms with E-state index in [4.69, 9.17) is 6.42 Å². The van der Waals surface area contributed by atoms with Crippen molar-refractivity contribution in [2.45, 2.75) is 26.3 Å². The SMILES string of the molecule is C#CCNCC(=O)Cc1nccn1CCC. The van der Waals surface area contributed by atoms with Gasteiger partial charge in [0, 0.05) is 18.9 Å². The van der Waals surface area contributed by atoms with Crippen LogP contribution in [0.25, 0.3) is 0 Å². The average Bonchev–Trinajstić information content (AvgIpc) is 2.67. The van der Waals surface area contributed by atoms with Gasteiger partial charge >= 0.3 is 0 Å². The summed E-state index contributed by atoms with van der Waals surface area (Å²) in [5.74, 6) is 3.37. The fraction of sp³-hybridized carbons (Fsp3) is 0.500. The van der Waals surface area contributed by atoms with E-state index in [0.717, 1.165) is 18.8 Å². The number of rotatable bonds is 7. The fourth-order valence-corrected chi connectivity index (χ4v) is 1.46. The second kappa shape index (κ2) is 6.81. The van der Waals surface area contributed by atoms with Crippen LogP contribution in [0.1, 0.15) is 19.2 Å². The lowest BCUT2D eigenvalue weighted by atomic mass is 10.2. The van der Waals surface area contributed by atoms with Gasteiger partial charge in [-0.2, -0.15) is 0 Å². The number of imidazole rings is 1.